The Morgan fingerprint density at radius 1 is 1.42 bits per heavy atom. The molecule has 3 nitrogen and oxygen atoms in total. The van der Waals surface area contributed by atoms with Crippen LogP contribution in [0.25, 0.3) is 0 Å². The van der Waals surface area contributed by atoms with Gasteiger partial charge in [-0.1, -0.05) is 6.92 Å². The minimum absolute atomic E-state index is 0.237. The van der Waals surface area contributed by atoms with E-state index in [-0.39, 0.29) is 5.91 Å². The lowest BCUT2D eigenvalue weighted by Crippen LogP contribution is -2.51. The average Bonchev–Trinajstić information content (AvgIpc) is 1.90. The van der Waals surface area contributed by atoms with Crippen LogP contribution in [0.5, 0.6) is 0 Å². The molecule has 2 fully saturated rings. The summed E-state index contributed by atoms with van der Waals surface area (Å²) in [5, 5.41) is 2.97. The summed E-state index contributed by atoms with van der Waals surface area (Å²) in [7, 11) is 0. The highest BCUT2D eigenvalue weighted by Gasteiger charge is 2.33. The predicted octanol–water partition coefficient (Wildman–Crippen LogP) is 0.547. The van der Waals surface area contributed by atoms with Crippen molar-refractivity contribution >= 4 is 5.91 Å². The number of amides is 1. The highest BCUT2D eigenvalue weighted by Crippen LogP contribution is 2.33. The van der Waals surface area contributed by atoms with Crippen LogP contribution in [0.1, 0.15) is 19.8 Å². The SMILES string of the molecule is CC1CC(C(=O)NC2COC2)C1. The Bertz CT molecular complexity index is 183. The first-order valence-electron chi connectivity index (χ1n) is 4.64. The van der Waals surface area contributed by atoms with Gasteiger partial charge >= 0.3 is 0 Å². The molecule has 0 aromatic carbocycles. The van der Waals surface area contributed by atoms with Crippen LogP contribution in [-0.2, 0) is 9.53 Å². The van der Waals surface area contributed by atoms with E-state index in [1.807, 2.05) is 0 Å². The van der Waals surface area contributed by atoms with E-state index in [0.717, 1.165) is 18.8 Å². The number of nitrogens with one attached hydrogen (secondary N) is 1. The van der Waals surface area contributed by atoms with Crippen LogP contribution in [0.2, 0.25) is 0 Å². The van der Waals surface area contributed by atoms with Gasteiger partial charge in [0.2, 0.25) is 5.91 Å². The van der Waals surface area contributed by atoms with Crippen molar-refractivity contribution in [3.05, 3.63) is 0 Å². The molecular weight excluding hydrogens is 154 g/mol. The van der Waals surface area contributed by atoms with Crippen molar-refractivity contribution in [1.29, 1.82) is 0 Å². The fraction of sp³-hybridized carbons (Fsp3) is 0.889. The maximum Gasteiger partial charge on any atom is 0.223 e. The van der Waals surface area contributed by atoms with Crippen molar-refractivity contribution in [2.24, 2.45) is 11.8 Å². The molecular formula is C9H15NO2. The summed E-state index contributed by atoms with van der Waals surface area (Å²) in [4.78, 5) is 11.4. The van der Waals surface area contributed by atoms with Gasteiger partial charge in [0.05, 0.1) is 19.3 Å². The standard InChI is InChI=1S/C9H15NO2/c1-6-2-7(3-6)9(11)10-8-4-12-5-8/h6-8H,2-5H2,1H3,(H,10,11). The topological polar surface area (TPSA) is 38.3 Å². The molecule has 0 unspecified atom stereocenters. The van der Waals surface area contributed by atoms with Gasteiger partial charge < -0.3 is 10.1 Å². The number of rotatable bonds is 2. The fourth-order valence-corrected chi connectivity index (χ4v) is 1.75. The third-order valence-electron chi connectivity index (χ3n) is 2.73. The summed E-state index contributed by atoms with van der Waals surface area (Å²) in [6.45, 7) is 3.60. The number of carbonyl (C=O) groups excluding carboxylic acids is 1. The summed E-state index contributed by atoms with van der Waals surface area (Å²) in [5.74, 6) is 1.28. The zero-order chi connectivity index (χ0) is 8.55. The Hall–Kier alpha value is -0.570. The lowest BCUT2D eigenvalue weighted by molar-refractivity contribution is -0.133. The molecule has 68 valence electrons. The Morgan fingerprint density at radius 2 is 2.08 bits per heavy atom. The summed E-state index contributed by atoms with van der Waals surface area (Å²) < 4.78 is 4.97. The number of ether oxygens (including phenoxy) is 1. The van der Waals surface area contributed by atoms with Gasteiger partial charge in [0.1, 0.15) is 0 Å². The molecule has 0 aromatic rings. The van der Waals surface area contributed by atoms with Crippen molar-refractivity contribution < 1.29 is 9.53 Å². The third-order valence-corrected chi connectivity index (χ3v) is 2.73. The zero-order valence-corrected chi connectivity index (χ0v) is 7.38. The molecule has 0 atom stereocenters. The van der Waals surface area contributed by atoms with Gasteiger partial charge in [-0.15, -0.1) is 0 Å². The van der Waals surface area contributed by atoms with Crippen LogP contribution in [-0.4, -0.2) is 25.2 Å². The molecule has 3 heteroatoms. The van der Waals surface area contributed by atoms with Crippen LogP contribution in [0.3, 0.4) is 0 Å². The Balaban J connectivity index is 1.70. The first-order valence-corrected chi connectivity index (χ1v) is 4.64. The predicted molar refractivity (Wildman–Crippen MR) is 44.6 cm³/mol. The van der Waals surface area contributed by atoms with E-state index in [2.05, 4.69) is 12.2 Å². The molecule has 12 heavy (non-hydrogen) atoms. The van der Waals surface area contributed by atoms with Gasteiger partial charge in [0, 0.05) is 5.92 Å². The van der Waals surface area contributed by atoms with Gasteiger partial charge in [0.15, 0.2) is 0 Å². The second-order valence-electron chi connectivity index (χ2n) is 4.02. The van der Waals surface area contributed by atoms with Gasteiger partial charge in [-0.2, -0.15) is 0 Å². The minimum atomic E-state index is 0.237. The molecule has 0 bridgehead atoms. The number of hydrogen-bond acceptors (Lipinski definition) is 2. The summed E-state index contributed by atoms with van der Waals surface area (Å²) in [6.07, 6.45) is 2.14. The zero-order valence-electron chi connectivity index (χ0n) is 7.38. The van der Waals surface area contributed by atoms with E-state index in [1.54, 1.807) is 0 Å². The maximum absolute atomic E-state index is 11.4. The number of carbonyl (C=O) groups is 1. The van der Waals surface area contributed by atoms with Crippen molar-refractivity contribution in [2.45, 2.75) is 25.8 Å². The van der Waals surface area contributed by atoms with E-state index in [4.69, 9.17) is 4.74 Å². The van der Waals surface area contributed by atoms with Crippen molar-refractivity contribution in [3.8, 4) is 0 Å². The second kappa shape index (κ2) is 3.05. The minimum Gasteiger partial charge on any atom is -0.377 e. The molecule has 2 rings (SSSR count). The summed E-state index contributed by atoms with van der Waals surface area (Å²) >= 11 is 0. The van der Waals surface area contributed by atoms with Crippen LogP contribution in [0.15, 0.2) is 0 Å². The van der Waals surface area contributed by atoms with Gasteiger partial charge in [-0.3, -0.25) is 4.79 Å². The van der Waals surface area contributed by atoms with Gasteiger partial charge in [0.25, 0.3) is 0 Å². The first-order chi connectivity index (χ1) is 5.75. The Morgan fingerprint density at radius 3 is 2.50 bits per heavy atom. The van der Waals surface area contributed by atoms with E-state index in [1.165, 1.54) is 0 Å². The molecule has 1 aliphatic heterocycles. The molecule has 1 N–H and O–H groups in total. The fourth-order valence-electron chi connectivity index (χ4n) is 1.75. The lowest BCUT2D eigenvalue weighted by atomic mass is 9.75. The molecule has 0 radical (unpaired) electrons. The van der Waals surface area contributed by atoms with Crippen LogP contribution < -0.4 is 5.32 Å². The van der Waals surface area contributed by atoms with Crippen LogP contribution in [0.4, 0.5) is 0 Å². The lowest BCUT2D eigenvalue weighted by Gasteiger charge is -2.34. The molecule has 2 aliphatic rings. The molecule has 1 amide bonds. The highest BCUT2D eigenvalue weighted by atomic mass is 16.5. The Labute approximate surface area is 72.5 Å². The highest BCUT2D eigenvalue weighted by molar-refractivity contribution is 5.79. The van der Waals surface area contributed by atoms with E-state index >= 15 is 0 Å². The van der Waals surface area contributed by atoms with Crippen LogP contribution in [0, 0.1) is 11.8 Å². The largest absolute Gasteiger partial charge is 0.377 e. The summed E-state index contributed by atoms with van der Waals surface area (Å²) in [5.41, 5.74) is 0. The van der Waals surface area contributed by atoms with E-state index < -0.39 is 0 Å². The van der Waals surface area contributed by atoms with Crippen molar-refractivity contribution in [3.63, 3.8) is 0 Å². The molecule has 0 aromatic heterocycles. The smallest absolute Gasteiger partial charge is 0.223 e. The van der Waals surface area contributed by atoms with Crippen LogP contribution >= 0.6 is 0 Å². The quantitative estimate of drug-likeness (QED) is 0.655. The van der Waals surface area contributed by atoms with Crippen molar-refractivity contribution in [1.82, 2.24) is 5.32 Å². The number of hydrogen-bond donors (Lipinski definition) is 1. The molecule has 0 spiro atoms. The van der Waals surface area contributed by atoms with Gasteiger partial charge in [-0.05, 0) is 18.8 Å². The van der Waals surface area contributed by atoms with Gasteiger partial charge in [-0.25, -0.2) is 0 Å². The first kappa shape index (κ1) is 8.05. The molecule has 1 saturated carbocycles. The molecule has 1 saturated heterocycles. The normalized spacial score (nSPS) is 35.1. The Kier molecular flexibility index (Phi) is 2.05. The molecule has 1 aliphatic carbocycles. The monoisotopic (exact) mass is 169 g/mol. The van der Waals surface area contributed by atoms with E-state index in [0.29, 0.717) is 25.2 Å². The second-order valence-corrected chi connectivity index (χ2v) is 4.02. The maximum atomic E-state index is 11.4. The summed E-state index contributed by atoms with van der Waals surface area (Å²) in [6, 6.07) is 0.299. The molecule has 1 heterocycles. The van der Waals surface area contributed by atoms with Crippen molar-refractivity contribution in [2.75, 3.05) is 13.2 Å². The third kappa shape index (κ3) is 1.46. The van der Waals surface area contributed by atoms with E-state index in [9.17, 15) is 4.79 Å². The average molecular weight is 169 g/mol.